The highest BCUT2D eigenvalue weighted by molar-refractivity contribution is 6.31. The molecule has 10 heteroatoms. The van der Waals surface area contributed by atoms with Crippen molar-refractivity contribution >= 4 is 39.9 Å². The number of hydrogen-bond acceptors (Lipinski definition) is 7. The SMILES string of the molecule is CN[C@H](C)C(=O)NCc1cc2c(Nc3cccc(Cl)c3F)ncnc2cc1OCCO. The van der Waals surface area contributed by atoms with Gasteiger partial charge in [-0.05, 0) is 32.2 Å². The molecule has 1 atom stereocenters. The number of ether oxygens (including phenoxy) is 1. The highest BCUT2D eigenvalue weighted by Gasteiger charge is 2.15. The van der Waals surface area contributed by atoms with Crippen molar-refractivity contribution < 1.29 is 19.0 Å². The summed E-state index contributed by atoms with van der Waals surface area (Å²) in [5.41, 5.74) is 1.37. The Labute approximate surface area is 183 Å². The summed E-state index contributed by atoms with van der Waals surface area (Å²) in [6.45, 7) is 1.85. The summed E-state index contributed by atoms with van der Waals surface area (Å²) < 4.78 is 20.0. The average molecular weight is 448 g/mol. The van der Waals surface area contributed by atoms with Crippen molar-refractivity contribution in [2.45, 2.75) is 19.5 Å². The summed E-state index contributed by atoms with van der Waals surface area (Å²) in [5, 5.41) is 18.4. The van der Waals surface area contributed by atoms with Gasteiger partial charge in [0.15, 0.2) is 5.82 Å². The van der Waals surface area contributed by atoms with Crippen molar-refractivity contribution in [2.24, 2.45) is 0 Å². The second-order valence-corrected chi connectivity index (χ2v) is 7.13. The Bertz CT molecular complexity index is 1080. The third kappa shape index (κ3) is 5.38. The van der Waals surface area contributed by atoms with Gasteiger partial charge in [0.25, 0.3) is 0 Å². The predicted octanol–water partition coefficient (Wildman–Crippen LogP) is 2.76. The van der Waals surface area contributed by atoms with E-state index in [1.807, 2.05) is 0 Å². The number of nitrogens with zero attached hydrogens (tertiary/aromatic N) is 2. The molecule has 164 valence electrons. The van der Waals surface area contributed by atoms with Crippen LogP contribution in [-0.4, -0.2) is 47.3 Å². The van der Waals surface area contributed by atoms with E-state index in [1.54, 1.807) is 38.2 Å². The molecule has 0 bridgehead atoms. The number of likely N-dealkylation sites (N-methyl/N-ethyl adjacent to an activating group) is 1. The van der Waals surface area contributed by atoms with Gasteiger partial charge in [0.1, 0.15) is 24.5 Å². The van der Waals surface area contributed by atoms with Crippen LogP contribution in [0.25, 0.3) is 10.9 Å². The molecule has 0 fully saturated rings. The van der Waals surface area contributed by atoms with Crippen LogP contribution in [0.4, 0.5) is 15.9 Å². The van der Waals surface area contributed by atoms with Gasteiger partial charge in [-0.3, -0.25) is 4.79 Å². The Morgan fingerprint density at radius 3 is 2.87 bits per heavy atom. The molecule has 0 aliphatic carbocycles. The lowest BCUT2D eigenvalue weighted by molar-refractivity contribution is -0.122. The molecule has 0 saturated carbocycles. The number of anilines is 2. The van der Waals surface area contributed by atoms with Crippen LogP contribution in [0.5, 0.6) is 5.75 Å². The van der Waals surface area contributed by atoms with Crippen LogP contribution in [0.2, 0.25) is 5.02 Å². The fraction of sp³-hybridized carbons (Fsp3) is 0.286. The van der Waals surface area contributed by atoms with Crippen LogP contribution in [0.3, 0.4) is 0 Å². The molecular weight excluding hydrogens is 425 g/mol. The number of halogens is 2. The fourth-order valence-corrected chi connectivity index (χ4v) is 3.03. The number of rotatable bonds is 9. The number of aliphatic hydroxyl groups excluding tert-OH is 1. The normalized spacial score (nSPS) is 11.9. The standard InChI is InChI=1S/C21H23ClFN5O3/c1-12(24-2)21(30)25-10-13-8-14-17(9-18(13)31-7-6-29)26-11-27-20(14)28-16-5-3-4-15(22)19(16)23/h3-5,8-9,11-12,24,29H,6-7,10H2,1-2H3,(H,25,30)(H,26,27,28)/t12-/m1/s1. The van der Waals surface area contributed by atoms with E-state index in [-0.39, 0.29) is 42.4 Å². The second kappa shape index (κ2) is 10.3. The summed E-state index contributed by atoms with van der Waals surface area (Å²) in [6.07, 6.45) is 1.35. The van der Waals surface area contributed by atoms with E-state index in [0.717, 1.165) is 0 Å². The zero-order chi connectivity index (χ0) is 22.4. The number of nitrogens with one attached hydrogen (secondary N) is 3. The van der Waals surface area contributed by atoms with E-state index in [4.69, 9.17) is 21.4 Å². The van der Waals surface area contributed by atoms with Crippen molar-refractivity contribution in [2.75, 3.05) is 25.6 Å². The Morgan fingerprint density at radius 1 is 1.32 bits per heavy atom. The molecule has 0 radical (unpaired) electrons. The maximum atomic E-state index is 14.4. The quantitative estimate of drug-likeness (QED) is 0.399. The third-order valence-electron chi connectivity index (χ3n) is 4.65. The first kappa shape index (κ1) is 22.7. The van der Waals surface area contributed by atoms with Crippen LogP contribution in [0.1, 0.15) is 12.5 Å². The van der Waals surface area contributed by atoms with E-state index < -0.39 is 5.82 Å². The maximum Gasteiger partial charge on any atom is 0.237 e. The maximum absolute atomic E-state index is 14.4. The molecule has 1 aromatic heterocycles. The zero-order valence-electron chi connectivity index (χ0n) is 17.1. The number of aliphatic hydroxyl groups is 1. The first-order chi connectivity index (χ1) is 14.9. The molecule has 2 aromatic carbocycles. The van der Waals surface area contributed by atoms with E-state index in [2.05, 4.69) is 25.9 Å². The Kier molecular flexibility index (Phi) is 7.56. The number of fused-ring (bicyclic) bond motifs is 1. The van der Waals surface area contributed by atoms with Crippen molar-refractivity contribution in [3.63, 3.8) is 0 Å². The van der Waals surface area contributed by atoms with Crippen LogP contribution in [0, 0.1) is 5.82 Å². The molecule has 8 nitrogen and oxygen atoms in total. The molecule has 0 saturated heterocycles. The van der Waals surface area contributed by atoms with Gasteiger partial charge in [-0.25, -0.2) is 14.4 Å². The van der Waals surface area contributed by atoms with Crippen molar-refractivity contribution in [1.29, 1.82) is 0 Å². The van der Waals surface area contributed by atoms with Gasteiger partial charge in [-0.2, -0.15) is 0 Å². The lowest BCUT2D eigenvalue weighted by Crippen LogP contribution is -2.40. The molecule has 0 aliphatic rings. The lowest BCUT2D eigenvalue weighted by Gasteiger charge is -2.16. The summed E-state index contributed by atoms with van der Waals surface area (Å²) in [6, 6.07) is 7.72. The van der Waals surface area contributed by atoms with Gasteiger partial charge in [-0.1, -0.05) is 17.7 Å². The lowest BCUT2D eigenvalue weighted by atomic mass is 10.1. The Hall–Kier alpha value is -3.01. The molecule has 1 amide bonds. The van der Waals surface area contributed by atoms with Gasteiger partial charge in [0, 0.05) is 23.6 Å². The first-order valence-electron chi connectivity index (χ1n) is 9.62. The number of aromatic nitrogens is 2. The van der Waals surface area contributed by atoms with Crippen molar-refractivity contribution in [3.8, 4) is 5.75 Å². The molecule has 0 unspecified atom stereocenters. The molecule has 4 N–H and O–H groups in total. The highest BCUT2D eigenvalue weighted by Crippen LogP contribution is 2.31. The van der Waals surface area contributed by atoms with Crippen molar-refractivity contribution in [3.05, 3.63) is 53.1 Å². The first-order valence-corrected chi connectivity index (χ1v) is 9.99. The second-order valence-electron chi connectivity index (χ2n) is 6.73. The minimum Gasteiger partial charge on any atom is -0.491 e. The summed E-state index contributed by atoms with van der Waals surface area (Å²) in [4.78, 5) is 20.7. The van der Waals surface area contributed by atoms with Gasteiger partial charge in [0.05, 0.1) is 28.9 Å². The highest BCUT2D eigenvalue weighted by atomic mass is 35.5. The van der Waals surface area contributed by atoms with Crippen LogP contribution in [-0.2, 0) is 11.3 Å². The molecule has 0 aliphatic heterocycles. The molecule has 31 heavy (non-hydrogen) atoms. The summed E-state index contributed by atoms with van der Waals surface area (Å²) in [7, 11) is 1.69. The number of benzene rings is 2. The molecule has 1 heterocycles. The van der Waals surface area contributed by atoms with E-state index in [0.29, 0.717) is 28.0 Å². The van der Waals surface area contributed by atoms with Gasteiger partial charge in [0.2, 0.25) is 5.91 Å². The molecule has 3 aromatic rings. The van der Waals surface area contributed by atoms with E-state index in [9.17, 15) is 9.18 Å². The molecule has 0 spiro atoms. The Balaban J connectivity index is 1.99. The monoisotopic (exact) mass is 447 g/mol. The topological polar surface area (TPSA) is 108 Å². The fourth-order valence-electron chi connectivity index (χ4n) is 2.85. The van der Waals surface area contributed by atoms with E-state index >= 15 is 0 Å². The number of carbonyl (C=O) groups excluding carboxylic acids is 1. The Morgan fingerprint density at radius 2 is 2.13 bits per heavy atom. The zero-order valence-corrected chi connectivity index (χ0v) is 17.8. The number of carbonyl (C=O) groups is 1. The minimum absolute atomic E-state index is 0.00916. The third-order valence-corrected chi connectivity index (χ3v) is 4.94. The predicted molar refractivity (Wildman–Crippen MR) is 117 cm³/mol. The van der Waals surface area contributed by atoms with Crippen LogP contribution >= 0.6 is 11.6 Å². The summed E-state index contributed by atoms with van der Waals surface area (Å²) in [5.74, 6) is 0.0697. The molecular formula is C21H23ClFN5O3. The van der Waals surface area contributed by atoms with Gasteiger partial charge < -0.3 is 25.8 Å². The van der Waals surface area contributed by atoms with Crippen molar-refractivity contribution in [1.82, 2.24) is 20.6 Å². The minimum atomic E-state index is -0.590. The van der Waals surface area contributed by atoms with Crippen LogP contribution < -0.4 is 20.7 Å². The smallest absolute Gasteiger partial charge is 0.237 e. The largest absolute Gasteiger partial charge is 0.491 e. The van der Waals surface area contributed by atoms with Gasteiger partial charge >= 0.3 is 0 Å². The average Bonchev–Trinajstić information content (AvgIpc) is 2.78. The van der Waals surface area contributed by atoms with Crippen LogP contribution in [0.15, 0.2) is 36.7 Å². The molecule has 3 rings (SSSR count). The number of hydrogen-bond donors (Lipinski definition) is 4. The summed E-state index contributed by atoms with van der Waals surface area (Å²) >= 11 is 5.87. The van der Waals surface area contributed by atoms with Gasteiger partial charge in [-0.15, -0.1) is 0 Å². The number of amides is 1. The van der Waals surface area contributed by atoms with E-state index in [1.165, 1.54) is 12.4 Å².